The summed E-state index contributed by atoms with van der Waals surface area (Å²) in [5, 5.41) is 9.07. The summed E-state index contributed by atoms with van der Waals surface area (Å²) in [5.41, 5.74) is -0.0854. The Morgan fingerprint density at radius 2 is 2.35 bits per heavy atom. The predicted molar refractivity (Wildman–Crippen MR) is 61.6 cm³/mol. The Hall–Kier alpha value is -2.09. The number of rotatable bonds is 3. The number of carbonyl (C=O) groups excluding carboxylic acids is 1. The lowest BCUT2D eigenvalue weighted by atomic mass is 10.2. The highest BCUT2D eigenvalue weighted by molar-refractivity contribution is 7.10. The van der Waals surface area contributed by atoms with Crippen LogP contribution >= 0.6 is 11.5 Å². The van der Waals surface area contributed by atoms with E-state index in [9.17, 15) is 9.18 Å². The molecule has 88 valence electrons. The van der Waals surface area contributed by atoms with Crippen molar-refractivity contribution in [2.75, 3.05) is 17.7 Å². The van der Waals surface area contributed by atoms with E-state index in [0.717, 1.165) is 11.5 Å². The third-order valence-corrected chi connectivity index (χ3v) is 2.55. The van der Waals surface area contributed by atoms with E-state index in [1.807, 2.05) is 0 Å². The predicted octanol–water partition coefficient (Wildman–Crippen LogP) is 1.37. The third-order valence-electron chi connectivity index (χ3n) is 1.97. The van der Waals surface area contributed by atoms with Crippen LogP contribution in [-0.4, -0.2) is 27.5 Å². The second kappa shape index (κ2) is 4.83. The number of nitrogens with zero attached hydrogens (tertiary/aromatic N) is 3. The smallest absolute Gasteiger partial charge is 0.259 e. The van der Waals surface area contributed by atoms with Gasteiger partial charge in [0.05, 0.1) is 11.8 Å². The number of hydrogen-bond donors (Lipinski definition) is 2. The molecule has 2 aromatic heterocycles. The van der Waals surface area contributed by atoms with Gasteiger partial charge in [0.25, 0.3) is 5.91 Å². The van der Waals surface area contributed by atoms with E-state index in [2.05, 4.69) is 25.2 Å². The number of aromatic nitrogens is 3. The second-order valence-electron chi connectivity index (χ2n) is 3.01. The van der Waals surface area contributed by atoms with Gasteiger partial charge >= 0.3 is 0 Å². The highest BCUT2D eigenvalue weighted by Gasteiger charge is 2.16. The summed E-state index contributed by atoms with van der Waals surface area (Å²) < 4.78 is 17.3. The molecule has 2 heterocycles. The van der Waals surface area contributed by atoms with E-state index in [1.54, 1.807) is 0 Å². The molecule has 1 amide bonds. The Bertz CT molecular complexity index is 530. The molecule has 0 fully saturated rings. The van der Waals surface area contributed by atoms with E-state index < -0.39 is 11.7 Å². The summed E-state index contributed by atoms with van der Waals surface area (Å²) in [4.78, 5) is 15.5. The van der Waals surface area contributed by atoms with Crippen LogP contribution in [0.15, 0.2) is 18.5 Å². The van der Waals surface area contributed by atoms with Gasteiger partial charge in [0.1, 0.15) is 5.00 Å². The minimum atomic E-state index is -0.690. The second-order valence-corrected chi connectivity index (χ2v) is 3.79. The van der Waals surface area contributed by atoms with Gasteiger partial charge in [-0.2, -0.15) is 0 Å². The van der Waals surface area contributed by atoms with Gasteiger partial charge in [0.2, 0.25) is 0 Å². The Kier molecular flexibility index (Phi) is 3.24. The largest absolute Gasteiger partial charge is 0.371 e. The number of pyridine rings is 1. The van der Waals surface area contributed by atoms with Crippen molar-refractivity contribution in [3.8, 4) is 0 Å². The number of hydrogen-bond acceptors (Lipinski definition) is 6. The maximum absolute atomic E-state index is 13.7. The third kappa shape index (κ3) is 2.36. The molecular weight excluding hydrogens is 245 g/mol. The molecule has 0 saturated carbocycles. The lowest BCUT2D eigenvalue weighted by Gasteiger charge is -2.06. The van der Waals surface area contributed by atoms with Gasteiger partial charge in [-0.05, 0) is 6.07 Å². The molecule has 0 spiro atoms. The Morgan fingerprint density at radius 3 is 3.00 bits per heavy atom. The summed E-state index contributed by atoms with van der Waals surface area (Å²) in [7, 11) is 1.53. The number of halogens is 1. The van der Waals surface area contributed by atoms with Gasteiger partial charge in [-0.25, -0.2) is 9.37 Å². The average molecular weight is 253 g/mol. The average Bonchev–Trinajstić information content (AvgIpc) is 2.82. The van der Waals surface area contributed by atoms with Crippen molar-refractivity contribution >= 4 is 28.3 Å². The summed E-state index contributed by atoms with van der Waals surface area (Å²) in [5.74, 6) is -1.22. The Morgan fingerprint density at radius 1 is 1.53 bits per heavy atom. The van der Waals surface area contributed by atoms with Crippen LogP contribution in [0, 0.1) is 5.82 Å². The van der Waals surface area contributed by atoms with Crippen molar-refractivity contribution in [1.29, 1.82) is 0 Å². The van der Waals surface area contributed by atoms with Gasteiger partial charge in [-0.1, -0.05) is 4.49 Å². The standard InChI is InChI=1S/C9H8FN5OS/c1-11-8-7(10)5(2-3-12-8)9(16)14-6-4-13-15-17-6/h2-4H,1H3,(H,11,12)(H,14,16). The summed E-state index contributed by atoms with van der Waals surface area (Å²) >= 11 is 1.01. The van der Waals surface area contributed by atoms with Crippen molar-refractivity contribution in [3.05, 3.63) is 29.8 Å². The van der Waals surface area contributed by atoms with Crippen LogP contribution in [0.2, 0.25) is 0 Å². The van der Waals surface area contributed by atoms with Gasteiger partial charge < -0.3 is 10.6 Å². The minimum Gasteiger partial charge on any atom is -0.371 e. The summed E-state index contributed by atoms with van der Waals surface area (Å²) in [6.07, 6.45) is 2.75. The van der Waals surface area contributed by atoms with Crippen molar-refractivity contribution in [2.24, 2.45) is 0 Å². The Labute approximate surface area is 100 Å². The molecule has 6 nitrogen and oxygen atoms in total. The zero-order valence-corrected chi connectivity index (χ0v) is 9.58. The summed E-state index contributed by atoms with van der Waals surface area (Å²) in [6, 6.07) is 1.31. The van der Waals surface area contributed by atoms with Crippen molar-refractivity contribution < 1.29 is 9.18 Å². The van der Waals surface area contributed by atoms with E-state index in [-0.39, 0.29) is 11.4 Å². The molecule has 0 aromatic carbocycles. The molecular formula is C9H8FN5OS. The van der Waals surface area contributed by atoms with Gasteiger partial charge in [0.15, 0.2) is 11.6 Å². The minimum absolute atomic E-state index is 0.0279. The molecule has 0 radical (unpaired) electrons. The van der Waals surface area contributed by atoms with Gasteiger partial charge in [-0.3, -0.25) is 4.79 Å². The van der Waals surface area contributed by atoms with Gasteiger partial charge in [0, 0.05) is 24.8 Å². The normalized spacial score (nSPS) is 10.0. The topological polar surface area (TPSA) is 79.8 Å². The van der Waals surface area contributed by atoms with Crippen LogP contribution in [0.1, 0.15) is 10.4 Å². The SMILES string of the molecule is CNc1nccc(C(=O)Nc2cnns2)c1F. The van der Waals surface area contributed by atoms with Crippen LogP contribution < -0.4 is 10.6 Å². The molecule has 2 rings (SSSR count). The maximum Gasteiger partial charge on any atom is 0.259 e. The monoisotopic (exact) mass is 253 g/mol. The van der Waals surface area contributed by atoms with E-state index in [0.29, 0.717) is 5.00 Å². The van der Waals surface area contributed by atoms with Crippen LogP contribution in [0.5, 0.6) is 0 Å². The van der Waals surface area contributed by atoms with E-state index >= 15 is 0 Å². The molecule has 0 aliphatic heterocycles. The first-order valence-corrected chi connectivity index (χ1v) is 5.40. The molecule has 2 N–H and O–H groups in total. The van der Waals surface area contributed by atoms with E-state index in [4.69, 9.17) is 0 Å². The summed E-state index contributed by atoms with van der Waals surface area (Å²) in [6.45, 7) is 0. The highest BCUT2D eigenvalue weighted by Crippen LogP contribution is 2.17. The number of anilines is 2. The highest BCUT2D eigenvalue weighted by atomic mass is 32.1. The van der Waals surface area contributed by atoms with Crippen molar-refractivity contribution in [1.82, 2.24) is 14.6 Å². The van der Waals surface area contributed by atoms with Crippen molar-refractivity contribution in [3.63, 3.8) is 0 Å². The molecule has 2 aromatic rings. The molecule has 17 heavy (non-hydrogen) atoms. The lowest BCUT2D eigenvalue weighted by molar-refractivity contribution is 0.102. The maximum atomic E-state index is 13.7. The first-order valence-electron chi connectivity index (χ1n) is 4.63. The lowest BCUT2D eigenvalue weighted by Crippen LogP contribution is -2.14. The number of amides is 1. The first-order chi connectivity index (χ1) is 8.22. The quantitative estimate of drug-likeness (QED) is 0.863. The zero-order chi connectivity index (χ0) is 12.3. The van der Waals surface area contributed by atoms with Crippen LogP contribution in [0.25, 0.3) is 0 Å². The van der Waals surface area contributed by atoms with Crippen LogP contribution in [0.4, 0.5) is 15.2 Å². The number of nitrogens with one attached hydrogen (secondary N) is 2. The first kappa shape index (κ1) is 11.4. The van der Waals surface area contributed by atoms with Crippen LogP contribution in [0.3, 0.4) is 0 Å². The van der Waals surface area contributed by atoms with Crippen molar-refractivity contribution in [2.45, 2.75) is 0 Å². The molecule has 0 bridgehead atoms. The molecule has 0 aliphatic carbocycles. The molecule has 0 aliphatic rings. The molecule has 0 saturated heterocycles. The number of carbonyl (C=O) groups is 1. The molecule has 0 unspecified atom stereocenters. The van der Waals surface area contributed by atoms with Gasteiger partial charge in [-0.15, -0.1) is 5.10 Å². The molecule has 0 atom stereocenters. The van der Waals surface area contributed by atoms with Crippen LogP contribution in [-0.2, 0) is 0 Å². The fraction of sp³-hybridized carbons (Fsp3) is 0.111. The van der Waals surface area contributed by atoms with E-state index in [1.165, 1.54) is 25.5 Å². The Balaban J connectivity index is 2.25. The molecule has 8 heteroatoms. The fourth-order valence-corrected chi connectivity index (χ4v) is 1.61. The zero-order valence-electron chi connectivity index (χ0n) is 8.77. The fourth-order valence-electron chi connectivity index (χ4n) is 1.19.